The van der Waals surface area contributed by atoms with Crippen LogP contribution in [-0.2, 0) is 24.4 Å². The van der Waals surface area contributed by atoms with Gasteiger partial charge >= 0.3 is 6.09 Å². The first-order chi connectivity index (χ1) is 28.3. The van der Waals surface area contributed by atoms with Gasteiger partial charge in [-0.1, -0.05) is 43.7 Å². The van der Waals surface area contributed by atoms with E-state index in [1.165, 1.54) is 13.0 Å². The molecule has 61 heavy (non-hydrogen) atoms. The molecule has 3 heterocycles. The van der Waals surface area contributed by atoms with Crippen molar-refractivity contribution < 1.29 is 59.7 Å². The van der Waals surface area contributed by atoms with Crippen molar-refractivity contribution in [2.45, 2.75) is 133 Å². The molecule has 14 nitrogen and oxygen atoms in total. The number of hydrogen-bond acceptors (Lipinski definition) is 9. The maximum Gasteiger partial charge on any atom is 0.408 e. The van der Waals surface area contributed by atoms with E-state index in [9.17, 15) is 36.7 Å². The largest absolute Gasteiger partial charge is 0.472 e. The van der Waals surface area contributed by atoms with Crippen LogP contribution in [0.25, 0.3) is 10.8 Å². The average Bonchev–Trinajstić information content (AvgIpc) is 4.04. The zero-order valence-electron chi connectivity index (χ0n) is 34.7. The highest BCUT2D eigenvalue weighted by molar-refractivity contribution is 7.91. The van der Waals surface area contributed by atoms with Crippen molar-refractivity contribution in [3.8, 4) is 11.8 Å². The normalized spacial score (nSPS) is 28.8. The molecule has 2 saturated carbocycles. The first kappa shape index (κ1) is 46.1. The lowest BCUT2D eigenvalue weighted by molar-refractivity contribution is -0.156. The Bertz CT molecular complexity index is 2200. The number of rotatable bonds is 11. The minimum atomic E-state index is -4.15. The number of aromatic nitrogens is 1. The fourth-order valence-corrected chi connectivity index (χ4v) is 9.86. The predicted molar refractivity (Wildman–Crippen MR) is 216 cm³/mol. The molecule has 6 rings (SSSR count). The van der Waals surface area contributed by atoms with Gasteiger partial charge in [0.1, 0.15) is 29.3 Å². The van der Waals surface area contributed by atoms with Crippen molar-refractivity contribution in [3.63, 3.8) is 0 Å². The van der Waals surface area contributed by atoms with Gasteiger partial charge in [-0.25, -0.2) is 30.8 Å². The number of fused-ring (bicyclic) bond motifs is 3. The van der Waals surface area contributed by atoms with E-state index in [0.29, 0.717) is 48.3 Å². The number of benzene rings is 1. The van der Waals surface area contributed by atoms with Crippen LogP contribution in [0.3, 0.4) is 0 Å². The van der Waals surface area contributed by atoms with Crippen LogP contribution in [0.15, 0.2) is 36.4 Å². The van der Waals surface area contributed by atoms with Crippen molar-refractivity contribution in [2.24, 2.45) is 17.8 Å². The molecule has 4 amide bonds. The van der Waals surface area contributed by atoms with Crippen LogP contribution in [0, 0.1) is 17.8 Å². The summed E-state index contributed by atoms with van der Waals surface area (Å²) in [4.78, 5) is 62.7. The van der Waals surface area contributed by atoms with Gasteiger partial charge in [-0.3, -0.25) is 24.0 Å². The number of allylic oxidation sites excluding steroid dienone is 1. The van der Waals surface area contributed by atoms with E-state index in [1.54, 1.807) is 31.2 Å². The summed E-state index contributed by atoms with van der Waals surface area (Å²) in [5.74, 6) is -8.60. The number of nitrogens with one attached hydrogen (secondary N) is 2. The molecule has 0 unspecified atom stereocenters. The molecule has 0 bridgehead atoms. The van der Waals surface area contributed by atoms with E-state index in [4.69, 9.17) is 21.1 Å². The number of ether oxygens (including phenoxy) is 2. The van der Waals surface area contributed by atoms with Crippen LogP contribution in [0.5, 0.6) is 11.8 Å². The van der Waals surface area contributed by atoms with Crippen LogP contribution in [-0.4, -0.2) is 112 Å². The number of halogens is 5. The third-order valence-corrected chi connectivity index (χ3v) is 15.3. The zero-order valence-corrected chi connectivity index (χ0v) is 36.3. The molecule has 2 aromatic rings. The highest BCUT2D eigenvalue weighted by Crippen LogP contribution is 2.48. The second-order valence-corrected chi connectivity index (χ2v) is 20.4. The molecule has 0 radical (unpaired) electrons. The van der Waals surface area contributed by atoms with E-state index < -0.39 is 105 Å². The van der Waals surface area contributed by atoms with E-state index >= 15 is 13.6 Å². The summed E-state index contributed by atoms with van der Waals surface area (Å²) in [5, 5.41) is 14.2. The SMILES string of the molecule is C[C@@H]1CC/C=C\[C@@H]2C[C@@]2(C(=O)NS(=O)(=O)C2(C)CC2)NC(=O)[C@@H]2C[C@@H](Oc3nc(OCC(F)F)cc4c(Cl)cccc34)CN2C(=O)[C@@H](N(C(=O)O)C(C)(C)C(C)(F)F)[C@H](C)C1. The second kappa shape index (κ2) is 16.7. The van der Waals surface area contributed by atoms with Crippen LogP contribution < -0.4 is 19.5 Å². The van der Waals surface area contributed by atoms with Gasteiger partial charge in [0.2, 0.25) is 33.6 Å². The number of sulfonamides is 1. The van der Waals surface area contributed by atoms with Crippen LogP contribution in [0.4, 0.5) is 22.4 Å². The Hall–Kier alpha value is -4.39. The summed E-state index contributed by atoms with van der Waals surface area (Å²) >= 11 is 6.46. The third kappa shape index (κ3) is 9.23. The topological polar surface area (TPSA) is 185 Å². The molecule has 3 fully saturated rings. The molecule has 336 valence electrons. The second-order valence-electron chi connectivity index (χ2n) is 17.8. The summed E-state index contributed by atoms with van der Waals surface area (Å²) < 4.78 is 96.1. The van der Waals surface area contributed by atoms with Crippen molar-refractivity contribution >= 4 is 56.2 Å². The summed E-state index contributed by atoms with van der Waals surface area (Å²) in [6.45, 7) is 6.13. The van der Waals surface area contributed by atoms with E-state index in [1.807, 2.05) is 13.0 Å². The minimum Gasteiger partial charge on any atom is -0.472 e. The van der Waals surface area contributed by atoms with Crippen molar-refractivity contribution in [3.05, 3.63) is 41.4 Å². The van der Waals surface area contributed by atoms with Gasteiger partial charge in [-0.2, -0.15) is 4.98 Å². The monoisotopic (exact) mass is 901 g/mol. The Labute approximate surface area is 356 Å². The number of hydrogen-bond donors (Lipinski definition) is 3. The van der Waals surface area contributed by atoms with Gasteiger partial charge in [0.05, 0.1) is 11.3 Å². The van der Waals surface area contributed by atoms with Crippen molar-refractivity contribution in [2.75, 3.05) is 13.2 Å². The number of amides is 4. The zero-order chi connectivity index (χ0) is 45.0. The molecule has 1 aromatic carbocycles. The highest BCUT2D eigenvalue weighted by atomic mass is 35.5. The fraction of sp³-hybridized carbons (Fsp3) is 0.634. The van der Waals surface area contributed by atoms with Gasteiger partial charge in [-0.15, -0.1) is 0 Å². The lowest BCUT2D eigenvalue weighted by Crippen LogP contribution is -2.66. The number of alkyl halides is 4. The molecule has 2 aliphatic carbocycles. The molecule has 3 N–H and O–H groups in total. The number of carbonyl (C=O) groups excluding carboxylic acids is 3. The molecule has 1 saturated heterocycles. The summed E-state index contributed by atoms with van der Waals surface area (Å²) in [6, 6.07) is 2.78. The highest BCUT2D eigenvalue weighted by Gasteiger charge is 2.63. The lowest BCUT2D eigenvalue weighted by Gasteiger charge is -2.47. The Morgan fingerprint density at radius 3 is 2.46 bits per heavy atom. The first-order valence-electron chi connectivity index (χ1n) is 20.2. The molecular formula is C41H52ClF4N5O9S. The molecular weight excluding hydrogens is 850 g/mol. The maximum atomic E-state index is 15.4. The van der Waals surface area contributed by atoms with E-state index in [0.717, 1.165) is 18.7 Å². The van der Waals surface area contributed by atoms with Crippen molar-refractivity contribution in [1.82, 2.24) is 24.8 Å². The van der Waals surface area contributed by atoms with Gasteiger partial charge in [0.25, 0.3) is 18.3 Å². The van der Waals surface area contributed by atoms with Gasteiger partial charge < -0.3 is 24.8 Å². The first-order valence-corrected chi connectivity index (χ1v) is 22.1. The van der Waals surface area contributed by atoms with E-state index in [2.05, 4.69) is 15.0 Å². The molecule has 7 atom stereocenters. The number of carboxylic acid groups (broad SMARTS) is 1. The molecule has 1 aromatic heterocycles. The Kier molecular flexibility index (Phi) is 12.6. The van der Waals surface area contributed by atoms with Gasteiger partial charge in [0.15, 0.2) is 6.61 Å². The Morgan fingerprint density at radius 2 is 1.84 bits per heavy atom. The Morgan fingerprint density at radius 1 is 1.15 bits per heavy atom. The van der Waals surface area contributed by atoms with Crippen LogP contribution in [0.1, 0.15) is 86.5 Å². The average molecular weight is 902 g/mol. The lowest BCUT2D eigenvalue weighted by atomic mass is 9.84. The van der Waals surface area contributed by atoms with Crippen LogP contribution >= 0.6 is 11.6 Å². The summed E-state index contributed by atoms with van der Waals surface area (Å²) in [7, 11) is -4.15. The van der Waals surface area contributed by atoms with Crippen molar-refractivity contribution in [1.29, 1.82) is 0 Å². The minimum absolute atomic E-state index is 0.0256. The van der Waals surface area contributed by atoms with Crippen LogP contribution in [0.2, 0.25) is 5.02 Å². The molecule has 2 aliphatic heterocycles. The summed E-state index contributed by atoms with van der Waals surface area (Å²) in [5.41, 5.74) is -4.19. The van der Waals surface area contributed by atoms with E-state index in [-0.39, 0.29) is 42.0 Å². The van der Waals surface area contributed by atoms with Gasteiger partial charge in [0, 0.05) is 41.1 Å². The molecule has 4 aliphatic rings. The number of nitrogens with zero attached hydrogens (tertiary/aromatic N) is 3. The smallest absolute Gasteiger partial charge is 0.408 e. The predicted octanol–water partition coefficient (Wildman–Crippen LogP) is 6.55. The fourth-order valence-electron chi connectivity index (χ4n) is 8.32. The van der Waals surface area contributed by atoms with Gasteiger partial charge in [-0.05, 0) is 83.3 Å². The number of pyridine rings is 1. The third-order valence-electron chi connectivity index (χ3n) is 12.8. The number of carbonyl (C=O) groups is 4. The molecule has 20 heteroatoms. The standard InChI is InChI=1S/C41H52ClF4N5O9S/c1-22-10-7-8-11-24-19-41(24,36(54)49-61(57,58)39(5)14-15-39)48-33(52)29-17-25(60-34-26-12-9-13-28(42)27(26)18-31(47-34)59-21-30(43)44)20-50(29)35(53)32(23(2)16-22)51(37(55)56)38(3,4)40(6,45)46/h8-9,11-13,18,22-25,29-30,32H,7,10,14-17,19-21H2,1-6H3,(H,48,52)(H,49,54)(H,55,56)/b11-8-/t22-,23-,24-,25-,29+,32+,41-/m1/s1. The Balaban J connectivity index is 1.44. The quantitative estimate of drug-likeness (QED) is 0.165. The maximum absolute atomic E-state index is 15.4. The molecule has 0 spiro atoms. The summed E-state index contributed by atoms with van der Waals surface area (Å²) in [6.07, 6.45) is -0.613.